The van der Waals surface area contributed by atoms with Gasteiger partial charge in [0.1, 0.15) is 93.6 Å². The first kappa shape index (κ1) is 111. The van der Waals surface area contributed by atoms with Crippen LogP contribution in [0.3, 0.4) is 0 Å². The molecule has 0 bridgehead atoms. The average Bonchev–Trinajstić information content (AvgIpc) is 1.84. The molecule has 5 fully saturated rings. The van der Waals surface area contributed by atoms with Gasteiger partial charge < -0.3 is 90.9 Å². The molecular formula is C100H129F5IN5NaO21P. The van der Waals surface area contributed by atoms with Crippen molar-refractivity contribution in [2.75, 3.05) is 33.0 Å². The Morgan fingerprint density at radius 1 is 0.410 bits per heavy atom. The Balaban J connectivity index is 0.000000218. The van der Waals surface area contributed by atoms with Crippen LogP contribution in [0.5, 0.6) is 0 Å². The molecule has 34 heteroatoms. The summed E-state index contributed by atoms with van der Waals surface area (Å²) in [7, 11) is -3.39. The number of benzene rings is 5. The molecule has 15 rings (SSSR count). The van der Waals surface area contributed by atoms with Crippen molar-refractivity contribution in [1.29, 1.82) is 0 Å². The monoisotopic (exact) mass is 2010 g/mol. The molecule has 5 saturated carbocycles. The van der Waals surface area contributed by atoms with E-state index in [0.29, 0.717) is 105 Å². The van der Waals surface area contributed by atoms with Gasteiger partial charge in [0.15, 0.2) is 5.66 Å². The van der Waals surface area contributed by atoms with Crippen molar-refractivity contribution in [1.82, 2.24) is 24.9 Å². The van der Waals surface area contributed by atoms with Crippen molar-refractivity contribution in [3.63, 3.8) is 0 Å². The number of carbonyl (C=O) groups excluding carboxylic acids is 2. The van der Waals surface area contributed by atoms with Crippen LogP contribution in [0.2, 0.25) is 0 Å². The number of hydrogen-bond acceptors (Lipinski definition) is 26. The van der Waals surface area contributed by atoms with E-state index in [-0.39, 0.29) is 148 Å². The fourth-order valence-electron chi connectivity index (χ4n) is 15.4. The predicted octanol–water partition coefficient (Wildman–Crippen LogP) is 19.6. The standard InChI is InChI=1S/C20H24FNO3.C19H22FNO4.2C17H20FNO3.C11H9FINO.C10H21O5P.C6H12O2.Na.H/c1-3-11-23-17-5-4-6-18(12-17)24-13-19-14(2)25-20(22-19)15-7-9-16(21)10-8-15;1-13-18(21-19(25-13)14-5-7-15(20)8-6-14)12-24-17-4-2-3-16(11-17)23-10-9-22;2*1-11-16(10-21-15-4-2-3-14(20)9-15)19-17(22-11)12-5-7-13(18)8-6-12;1-7-10(6-13)14-11(15-7)8-2-4-9(12)5-3-8;1-5-9(10(11)13-6-2)16(12,14-7-3)15-8-4;7-5-2-1-3-6(8)4-5;;/h3,7-10,17-18H,1,4-6,11-13H2,2H3;5-9,16-17H,2-4,10-12H2,1H3;2*5-8,14-15,20H,2-4,9-10H2,1H3;2-5H,6H2,1H3;9H,5-8H2,1-4H3;5-8H,1-4H2;;/q;;;;;;;+1;-1/t17-,18+;16-,17+;14-,15+;;;;;;/m111....../s1. The zero-order valence-corrected chi connectivity index (χ0v) is 83.4. The van der Waals surface area contributed by atoms with E-state index in [9.17, 15) is 46.3 Å². The van der Waals surface area contributed by atoms with E-state index in [1.807, 2.05) is 34.6 Å². The number of aryl methyl sites for hydroxylation is 5. The SMILES string of the molecule is C=CCO[C@@H]1CCC[C@H](OCc2nc(-c3ccc(F)cc3)oc2C)C1.CCOC(=O)C(CC)P(=O)(OCC)OCC.Cc1oc(-c2ccc(F)cc2)nc1CI.Cc1oc(-c2ccc(F)cc2)nc1COC1CCCC(O)C1.Cc1oc(-c2ccc(F)cc2)nc1CO[C@H]1CCC[C@@H](O)C1.Cc1oc(-c2ccc(F)cc2)nc1CO[C@H]1CCC[C@@H](OCC=O)C1.OC1CCCC(O)C1.[H-].[Na+]. The quantitative estimate of drug-likeness (QED) is 0.00445. The molecule has 5 aliphatic carbocycles. The maximum Gasteiger partial charge on any atom is 1.00 e. The number of alkyl halides is 1. The maximum atomic E-state index is 13.0. The summed E-state index contributed by atoms with van der Waals surface area (Å²) in [5.41, 5.74) is 6.91. The van der Waals surface area contributed by atoms with Crippen molar-refractivity contribution in [2.45, 2.75) is 295 Å². The number of nitrogens with zero attached hydrogens (tertiary/aromatic N) is 5. The predicted molar refractivity (Wildman–Crippen MR) is 500 cm³/mol. The molecule has 5 aromatic carbocycles. The van der Waals surface area contributed by atoms with Gasteiger partial charge in [0, 0.05) is 32.2 Å². The summed E-state index contributed by atoms with van der Waals surface area (Å²) in [6.07, 6.45) is 20.8. The minimum atomic E-state index is -3.39. The largest absolute Gasteiger partial charge is 1.00 e. The molecule has 0 aliphatic heterocycles. The van der Waals surface area contributed by atoms with Crippen LogP contribution in [0.25, 0.3) is 57.3 Å². The Morgan fingerprint density at radius 3 is 0.903 bits per heavy atom. The summed E-state index contributed by atoms with van der Waals surface area (Å²) in [5, 5.41) is 37.2. The summed E-state index contributed by atoms with van der Waals surface area (Å²) in [6.45, 7) is 22.8. The number of ether oxygens (including phenoxy) is 7. The molecule has 0 spiro atoms. The Hall–Kier alpha value is -7.84. The van der Waals surface area contributed by atoms with Crippen LogP contribution in [0, 0.1) is 63.7 Å². The average molecular weight is 2010 g/mol. The second-order valence-electron chi connectivity index (χ2n) is 32.9. The molecule has 134 heavy (non-hydrogen) atoms. The van der Waals surface area contributed by atoms with Crippen molar-refractivity contribution < 1.29 is 152 Å². The molecule has 5 aromatic heterocycles. The number of rotatable bonds is 32. The summed E-state index contributed by atoms with van der Waals surface area (Å²) >= 11 is 2.23. The van der Waals surface area contributed by atoms with Crippen LogP contribution in [0.1, 0.15) is 221 Å². The zero-order chi connectivity index (χ0) is 95.8. The van der Waals surface area contributed by atoms with Crippen LogP contribution in [0.4, 0.5) is 22.0 Å². The number of oxazole rings is 5. The number of aliphatic hydroxyl groups excluding tert-OH is 4. The van der Waals surface area contributed by atoms with Gasteiger partial charge >= 0.3 is 43.1 Å². The molecule has 0 radical (unpaired) electrons. The second kappa shape index (κ2) is 58.8. The van der Waals surface area contributed by atoms with Crippen LogP contribution >= 0.6 is 30.2 Å². The third kappa shape index (κ3) is 37.1. The Kier molecular flexibility index (Phi) is 48.9. The molecule has 4 N–H and O–H groups in total. The maximum absolute atomic E-state index is 13.0. The number of esters is 1. The molecule has 10 aromatic rings. The van der Waals surface area contributed by atoms with Gasteiger partial charge in [-0.2, -0.15) is 0 Å². The fourth-order valence-corrected chi connectivity index (χ4v) is 18.0. The normalized spacial score (nSPS) is 20.1. The van der Waals surface area contributed by atoms with Crippen LogP contribution in [-0.2, 0) is 87.2 Å². The van der Waals surface area contributed by atoms with E-state index < -0.39 is 19.2 Å². The molecule has 11 atom stereocenters. The first-order valence-corrected chi connectivity index (χ1v) is 48.9. The molecule has 0 saturated heterocycles. The van der Waals surface area contributed by atoms with Gasteiger partial charge in [0.25, 0.3) is 0 Å². The van der Waals surface area contributed by atoms with Gasteiger partial charge in [-0.3, -0.25) is 9.36 Å². The van der Waals surface area contributed by atoms with Gasteiger partial charge in [-0.25, -0.2) is 46.9 Å². The summed E-state index contributed by atoms with van der Waals surface area (Å²) in [6, 6.07) is 30.4. The molecule has 5 heterocycles. The third-order valence-electron chi connectivity index (χ3n) is 22.6. The second-order valence-corrected chi connectivity index (χ2v) is 35.9. The van der Waals surface area contributed by atoms with E-state index in [0.717, 1.165) is 188 Å². The number of aromatic nitrogens is 5. The van der Waals surface area contributed by atoms with Crippen LogP contribution in [-0.4, -0.2) is 157 Å². The van der Waals surface area contributed by atoms with Crippen LogP contribution < -0.4 is 29.6 Å². The Labute approximate surface area is 818 Å². The number of aliphatic hydroxyl groups is 4. The first-order chi connectivity index (χ1) is 64.1. The van der Waals surface area contributed by atoms with Crippen molar-refractivity contribution in [2.24, 2.45) is 0 Å². The van der Waals surface area contributed by atoms with E-state index in [1.54, 1.807) is 94.4 Å². The number of carbonyl (C=O) groups is 2. The van der Waals surface area contributed by atoms with Gasteiger partial charge in [0.2, 0.25) is 29.5 Å². The van der Waals surface area contributed by atoms with E-state index >= 15 is 0 Å². The minimum Gasteiger partial charge on any atom is -1.00 e. The summed E-state index contributed by atoms with van der Waals surface area (Å²) < 4.78 is 156. The first-order valence-electron chi connectivity index (χ1n) is 45.8. The molecule has 728 valence electrons. The van der Waals surface area contributed by atoms with Gasteiger partial charge in [-0.15, -0.1) is 6.58 Å². The van der Waals surface area contributed by atoms with Crippen LogP contribution in [0.15, 0.2) is 156 Å². The third-order valence-corrected chi connectivity index (χ3v) is 25.9. The van der Waals surface area contributed by atoms with E-state index in [2.05, 4.69) is 54.1 Å². The zero-order valence-electron chi connectivity index (χ0n) is 79.4. The number of halogens is 6. The van der Waals surface area contributed by atoms with E-state index in [4.69, 9.17) is 74.5 Å². The topological polar surface area (TPSA) is 345 Å². The molecule has 26 nitrogen and oxygen atoms in total. The van der Waals surface area contributed by atoms with Crippen molar-refractivity contribution >= 4 is 42.4 Å². The van der Waals surface area contributed by atoms with Gasteiger partial charge in [-0.1, -0.05) is 35.6 Å². The molecule has 5 unspecified atom stereocenters. The van der Waals surface area contributed by atoms with Gasteiger partial charge in [-0.05, 0) is 312 Å². The number of hydrogen-bond donors (Lipinski definition) is 4. The van der Waals surface area contributed by atoms with E-state index in [1.165, 1.54) is 60.7 Å². The summed E-state index contributed by atoms with van der Waals surface area (Å²) in [4.78, 5) is 44.2. The van der Waals surface area contributed by atoms with Crippen molar-refractivity contribution in [3.05, 3.63) is 220 Å². The smallest absolute Gasteiger partial charge is 1.00 e. The van der Waals surface area contributed by atoms with Gasteiger partial charge in [0.05, 0.1) is 120 Å². The van der Waals surface area contributed by atoms with Crippen molar-refractivity contribution in [3.8, 4) is 57.3 Å². The molecular weight excluding hydrogens is 1880 g/mol. The fraction of sp³-hybridized carbons (Fsp3) is 0.510. The Morgan fingerprint density at radius 2 is 0.664 bits per heavy atom. The molecule has 5 aliphatic rings. The Bertz CT molecular complexity index is 4880. The molecule has 0 amide bonds. The minimum absolute atomic E-state index is 0. The summed E-state index contributed by atoms with van der Waals surface area (Å²) in [5.74, 6) is 4.20. The number of aldehydes is 1.